The van der Waals surface area contributed by atoms with Crippen LogP contribution in [0.2, 0.25) is 0 Å². The minimum absolute atomic E-state index is 0.138. The maximum atomic E-state index is 11.1. The lowest BCUT2D eigenvalue weighted by Gasteiger charge is -2.13. The van der Waals surface area contributed by atoms with E-state index in [1.165, 1.54) is 6.07 Å². The highest BCUT2D eigenvalue weighted by Gasteiger charge is 2.15. The summed E-state index contributed by atoms with van der Waals surface area (Å²) in [6.45, 7) is 5.04. The van der Waals surface area contributed by atoms with E-state index in [1.54, 1.807) is 6.07 Å². The van der Waals surface area contributed by atoms with Crippen molar-refractivity contribution in [3.8, 4) is 11.5 Å². The first-order chi connectivity index (χ1) is 8.60. The first kappa shape index (κ1) is 14.8. The Morgan fingerprint density at radius 3 is 2.22 bits per heavy atom. The monoisotopic (exact) mass is 316 g/mol. The molecule has 0 aliphatic carbocycles. The highest BCUT2D eigenvalue weighted by atomic mass is 79.9. The lowest BCUT2D eigenvalue weighted by molar-refractivity contribution is 0.0692. The minimum Gasteiger partial charge on any atom is -0.493 e. The standard InChI is InChI=1S/C13H17BrO4/c1-3-5-17-11-8-12(18-6-4-2)10(14)7-9(11)13(15)16/h7-8H,3-6H2,1-2H3,(H,15,16). The molecular weight excluding hydrogens is 300 g/mol. The predicted octanol–water partition coefficient (Wildman–Crippen LogP) is 3.72. The second-order valence-electron chi connectivity index (χ2n) is 3.78. The van der Waals surface area contributed by atoms with E-state index in [4.69, 9.17) is 14.6 Å². The summed E-state index contributed by atoms with van der Waals surface area (Å²) in [6, 6.07) is 3.14. The molecule has 0 bridgehead atoms. The van der Waals surface area contributed by atoms with Crippen molar-refractivity contribution in [3.63, 3.8) is 0 Å². The van der Waals surface area contributed by atoms with Crippen molar-refractivity contribution in [2.24, 2.45) is 0 Å². The number of benzene rings is 1. The van der Waals surface area contributed by atoms with Gasteiger partial charge in [-0.25, -0.2) is 4.79 Å². The average Bonchev–Trinajstić information content (AvgIpc) is 2.35. The van der Waals surface area contributed by atoms with E-state index in [-0.39, 0.29) is 5.56 Å². The third kappa shape index (κ3) is 3.91. The smallest absolute Gasteiger partial charge is 0.339 e. The summed E-state index contributed by atoms with van der Waals surface area (Å²) in [7, 11) is 0. The molecule has 0 saturated carbocycles. The van der Waals surface area contributed by atoms with Gasteiger partial charge in [-0.2, -0.15) is 0 Å². The zero-order valence-corrected chi connectivity index (χ0v) is 12.1. The molecule has 0 amide bonds. The summed E-state index contributed by atoms with van der Waals surface area (Å²) in [5.74, 6) is -0.0598. The molecule has 18 heavy (non-hydrogen) atoms. The number of ether oxygens (including phenoxy) is 2. The van der Waals surface area contributed by atoms with E-state index in [2.05, 4.69) is 15.9 Å². The minimum atomic E-state index is -1.01. The van der Waals surface area contributed by atoms with Crippen LogP contribution in [0.5, 0.6) is 11.5 Å². The van der Waals surface area contributed by atoms with Gasteiger partial charge in [0.05, 0.1) is 17.7 Å². The van der Waals surface area contributed by atoms with Gasteiger partial charge in [0.15, 0.2) is 0 Å². The van der Waals surface area contributed by atoms with Gasteiger partial charge < -0.3 is 14.6 Å². The van der Waals surface area contributed by atoms with Gasteiger partial charge in [0, 0.05) is 6.07 Å². The van der Waals surface area contributed by atoms with Crippen LogP contribution in [0, 0.1) is 0 Å². The Bertz CT molecular complexity index is 418. The molecule has 4 nitrogen and oxygen atoms in total. The molecule has 1 rings (SSSR count). The van der Waals surface area contributed by atoms with Crippen molar-refractivity contribution in [1.82, 2.24) is 0 Å². The fourth-order valence-corrected chi connectivity index (χ4v) is 1.81. The third-order valence-electron chi connectivity index (χ3n) is 2.19. The van der Waals surface area contributed by atoms with Crippen LogP contribution in [-0.4, -0.2) is 24.3 Å². The number of carbonyl (C=O) groups is 1. The fourth-order valence-electron chi connectivity index (χ4n) is 1.36. The molecule has 0 heterocycles. The van der Waals surface area contributed by atoms with Gasteiger partial charge in [0.1, 0.15) is 17.1 Å². The molecule has 0 atom stereocenters. The highest BCUT2D eigenvalue weighted by molar-refractivity contribution is 9.10. The van der Waals surface area contributed by atoms with E-state index in [9.17, 15) is 4.79 Å². The molecule has 0 aromatic heterocycles. The zero-order chi connectivity index (χ0) is 13.5. The Balaban J connectivity index is 3.05. The third-order valence-corrected chi connectivity index (χ3v) is 2.81. The lowest BCUT2D eigenvalue weighted by atomic mass is 10.2. The lowest BCUT2D eigenvalue weighted by Crippen LogP contribution is -2.05. The van der Waals surface area contributed by atoms with Gasteiger partial charge in [-0.3, -0.25) is 0 Å². The van der Waals surface area contributed by atoms with Gasteiger partial charge in [0.2, 0.25) is 0 Å². The zero-order valence-electron chi connectivity index (χ0n) is 10.5. The van der Waals surface area contributed by atoms with E-state index in [1.807, 2.05) is 13.8 Å². The van der Waals surface area contributed by atoms with E-state index >= 15 is 0 Å². The second-order valence-corrected chi connectivity index (χ2v) is 4.64. The van der Waals surface area contributed by atoms with E-state index < -0.39 is 5.97 Å². The van der Waals surface area contributed by atoms with Crippen molar-refractivity contribution in [3.05, 3.63) is 22.2 Å². The molecule has 100 valence electrons. The highest BCUT2D eigenvalue weighted by Crippen LogP contribution is 2.33. The molecule has 0 radical (unpaired) electrons. The summed E-state index contributed by atoms with van der Waals surface area (Å²) in [5.41, 5.74) is 0.138. The second kappa shape index (κ2) is 7.26. The summed E-state index contributed by atoms with van der Waals surface area (Å²) in [5, 5.41) is 9.11. The number of hydrogen-bond acceptors (Lipinski definition) is 3. The molecule has 1 aromatic rings. The Labute approximate surface area is 115 Å². The molecule has 5 heteroatoms. The SMILES string of the molecule is CCCOc1cc(OCCC)c(C(=O)O)cc1Br. The number of carboxylic acid groups (broad SMARTS) is 1. The van der Waals surface area contributed by atoms with E-state index in [0.29, 0.717) is 29.2 Å². The van der Waals surface area contributed by atoms with Crippen LogP contribution >= 0.6 is 15.9 Å². The normalized spacial score (nSPS) is 10.2. The Morgan fingerprint density at radius 1 is 1.17 bits per heavy atom. The first-order valence-corrected chi connectivity index (χ1v) is 6.71. The van der Waals surface area contributed by atoms with Crippen LogP contribution in [-0.2, 0) is 0 Å². The first-order valence-electron chi connectivity index (χ1n) is 5.92. The molecule has 0 aliphatic rings. The summed E-state index contributed by atoms with van der Waals surface area (Å²) < 4.78 is 11.6. The van der Waals surface area contributed by atoms with Gasteiger partial charge in [-0.1, -0.05) is 13.8 Å². The number of rotatable bonds is 7. The van der Waals surface area contributed by atoms with Crippen LogP contribution < -0.4 is 9.47 Å². The summed E-state index contributed by atoms with van der Waals surface area (Å²) in [4.78, 5) is 11.1. The summed E-state index contributed by atoms with van der Waals surface area (Å²) >= 11 is 3.30. The predicted molar refractivity (Wildman–Crippen MR) is 72.7 cm³/mol. The fraction of sp³-hybridized carbons (Fsp3) is 0.462. The van der Waals surface area contributed by atoms with Crippen molar-refractivity contribution in [1.29, 1.82) is 0 Å². The van der Waals surface area contributed by atoms with Crippen LogP contribution in [0.3, 0.4) is 0 Å². The van der Waals surface area contributed by atoms with Gasteiger partial charge in [-0.05, 0) is 34.8 Å². The summed E-state index contributed by atoms with van der Waals surface area (Å²) in [6.07, 6.45) is 1.71. The Morgan fingerprint density at radius 2 is 1.72 bits per heavy atom. The maximum Gasteiger partial charge on any atom is 0.339 e. The number of aromatic carboxylic acids is 1. The van der Waals surface area contributed by atoms with Crippen molar-refractivity contribution < 1.29 is 19.4 Å². The van der Waals surface area contributed by atoms with Gasteiger partial charge >= 0.3 is 5.97 Å². The molecule has 0 saturated heterocycles. The molecule has 0 spiro atoms. The Kier molecular flexibility index (Phi) is 5.98. The van der Waals surface area contributed by atoms with Gasteiger partial charge in [-0.15, -0.1) is 0 Å². The number of halogens is 1. The molecule has 1 N–H and O–H groups in total. The van der Waals surface area contributed by atoms with Crippen molar-refractivity contribution in [2.75, 3.05) is 13.2 Å². The number of carboxylic acids is 1. The van der Waals surface area contributed by atoms with Crippen LogP contribution in [0.15, 0.2) is 16.6 Å². The molecular formula is C13H17BrO4. The van der Waals surface area contributed by atoms with Gasteiger partial charge in [0.25, 0.3) is 0 Å². The molecule has 1 aromatic carbocycles. The van der Waals surface area contributed by atoms with Crippen LogP contribution in [0.25, 0.3) is 0 Å². The maximum absolute atomic E-state index is 11.1. The average molecular weight is 317 g/mol. The van der Waals surface area contributed by atoms with E-state index in [0.717, 1.165) is 12.8 Å². The molecule has 0 unspecified atom stereocenters. The number of hydrogen-bond donors (Lipinski definition) is 1. The largest absolute Gasteiger partial charge is 0.493 e. The molecule has 0 aliphatic heterocycles. The van der Waals surface area contributed by atoms with Crippen molar-refractivity contribution in [2.45, 2.75) is 26.7 Å². The van der Waals surface area contributed by atoms with Crippen LogP contribution in [0.4, 0.5) is 0 Å². The van der Waals surface area contributed by atoms with Crippen molar-refractivity contribution >= 4 is 21.9 Å². The quantitative estimate of drug-likeness (QED) is 0.832. The Hall–Kier alpha value is -1.23. The topological polar surface area (TPSA) is 55.8 Å². The molecule has 0 fully saturated rings. The van der Waals surface area contributed by atoms with Crippen LogP contribution in [0.1, 0.15) is 37.0 Å².